The molecule has 132 valence electrons. The topological polar surface area (TPSA) is 35.5 Å². The van der Waals surface area contributed by atoms with Crippen molar-refractivity contribution in [2.24, 2.45) is 0 Å². The largest absolute Gasteiger partial charge is 0.467 e. The van der Waals surface area contributed by atoms with Gasteiger partial charge in [-0.15, -0.1) is 0 Å². The molecule has 3 heteroatoms. The van der Waals surface area contributed by atoms with Crippen LogP contribution in [0.5, 0.6) is 0 Å². The van der Waals surface area contributed by atoms with E-state index in [4.69, 9.17) is 9.47 Å². The van der Waals surface area contributed by atoms with Crippen molar-refractivity contribution in [1.82, 2.24) is 0 Å². The van der Waals surface area contributed by atoms with Crippen LogP contribution in [0.15, 0.2) is 91.0 Å². The first-order valence-electron chi connectivity index (χ1n) is 8.60. The minimum Gasteiger partial charge on any atom is -0.467 e. The van der Waals surface area contributed by atoms with Gasteiger partial charge < -0.3 is 9.47 Å². The predicted molar refractivity (Wildman–Crippen MR) is 102 cm³/mol. The molecule has 0 amide bonds. The van der Waals surface area contributed by atoms with Crippen LogP contribution < -0.4 is 0 Å². The second-order valence-corrected chi connectivity index (χ2v) is 6.06. The number of rotatable bonds is 6. The molecule has 0 radical (unpaired) electrons. The van der Waals surface area contributed by atoms with E-state index in [2.05, 4.69) is 0 Å². The Morgan fingerprint density at radius 2 is 1.08 bits per heavy atom. The molecule has 3 aromatic carbocycles. The van der Waals surface area contributed by atoms with E-state index in [-0.39, 0.29) is 0 Å². The molecular formula is C23H22O3. The molecule has 0 aliphatic carbocycles. The lowest BCUT2D eigenvalue weighted by molar-refractivity contribution is -0.160. The summed E-state index contributed by atoms with van der Waals surface area (Å²) < 4.78 is 11.4. The molecule has 3 nitrogen and oxygen atoms in total. The summed E-state index contributed by atoms with van der Waals surface area (Å²) in [4.78, 5) is 12.1. The molecule has 0 aromatic heterocycles. The molecule has 1 atom stereocenters. The van der Waals surface area contributed by atoms with Gasteiger partial charge in [-0.3, -0.25) is 0 Å². The third-order valence-corrected chi connectivity index (χ3v) is 4.43. The fourth-order valence-corrected chi connectivity index (χ4v) is 3.20. The first-order chi connectivity index (χ1) is 12.7. The zero-order valence-corrected chi connectivity index (χ0v) is 15.0. The van der Waals surface area contributed by atoms with Crippen molar-refractivity contribution >= 4 is 5.97 Å². The zero-order chi connectivity index (χ0) is 18.4. The van der Waals surface area contributed by atoms with E-state index in [9.17, 15) is 4.79 Å². The third-order valence-electron chi connectivity index (χ3n) is 4.43. The summed E-state index contributed by atoms with van der Waals surface area (Å²) >= 11 is 0. The highest BCUT2D eigenvalue weighted by Crippen LogP contribution is 2.41. The summed E-state index contributed by atoms with van der Waals surface area (Å²) in [6, 6.07) is 29.9. The van der Waals surface area contributed by atoms with Crippen LogP contribution in [0.2, 0.25) is 0 Å². The molecule has 3 rings (SSSR count). The van der Waals surface area contributed by atoms with Crippen LogP contribution >= 0.6 is 0 Å². The van der Waals surface area contributed by atoms with E-state index in [1.165, 1.54) is 7.11 Å². The molecule has 0 aliphatic rings. The van der Waals surface area contributed by atoms with Gasteiger partial charge in [0.2, 0.25) is 0 Å². The van der Waals surface area contributed by atoms with Crippen molar-refractivity contribution < 1.29 is 14.3 Å². The smallest absolute Gasteiger partial charge is 0.334 e. The van der Waals surface area contributed by atoms with Gasteiger partial charge >= 0.3 is 5.97 Å². The Morgan fingerprint density at radius 1 is 0.731 bits per heavy atom. The van der Waals surface area contributed by atoms with E-state index in [0.717, 1.165) is 16.7 Å². The lowest BCUT2D eigenvalue weighted by Gasteiger charge is -2.37. The standard InChI is InChI=1S/C23H22O3/c1-18(22(24)25-2)26-23(19-12-6-3-7-13-19,20-14-8-4-9-15-20)21-16-10-5-11-17-21/h3-18H,1-2H3/t18-/m1/s1. The van der Waals surface area contributed by atoms with E-state index in [1.807, 2.05) is 91.0 Å². The van der Waals surface area contributed by atoms with Gasteiger partial charge in [0.1, 0.15) is 5.60 Å². The molecule has 0 spiro atoms. The number of esters is 1. The van der Waals surface area contributed by atoms with Gasteiger partial charge in [0.25, 0.3) is 0 Å². The minimum absolute atomic E-state index is 0.405. The van der Waals surface area contributed by atoms with E-state index in [1.54, 1.807) is 6.92 Å². The predicted octanol–water partition coefficient (Wildman–Crippen LogP) is 4.56. The summed E-state index contributed by atoms with van der Waals surface area (Å²) in [7, 11) is 1.37. The van der Waals surface area contributed by atoms with Crippen molar-refractivity contribution in [1.29, 1.82) is 0 Å². The van der Waals surface area contributed by atoms with Gasteiger partial charge in [-0.1, -0.05) is 91.0 Å². The first kappa shape index (κ1) is 17.9. The van der Waals surface area contributed by atoms with E-state index < -0.39 is 17.7 Å². The molecule has 0 unspecified atom stereocenters. The molecule has 0 saturated heterocycles. The van der Waals surface area contributed by atoms with Crippen LogP contribution in [0.3, 0.4) is 0 Å². The molecule has 3 aromatic rings. The summed E-state index contributed by atoms with van der Waals surface area (Å²) in [5, 5.41) is 0. The molecule has 0 N–H and O–H groups in total. The second kappa shape index (κ2) is 7.98. The van der Waals surface area contributed by atoms with Gasteiger partial charge in [-0.25, -0.2) is 4.79 Å². The number of ether oxygens (including phenoxy) is 2. The lowest BCUT2D eigenvalue weighted by atomic mass is 9.80. The Morgan fingerprint density at radius 3 is 1.38 bits per heavy atom. The molecule has 0 fully saturated rings. The van der Waals surface area contributed by atoms with Gasteiger partial charge in [0.05, 0.1) is 7.11 Å². The fourth-order valence-electron chi connectivity index (χ4n) is 3.20. The molecule has 0 bridgehead atoms. The maximum absolute atomic E-state index is 12.1. The highest BCUT2D eigenvalue weighted by molar-refractivity contribution is 5.74. The molecule has 0 heterocycles. The highest BCUT2D eigenvalue weighted by Gasteiger charge is 2.40. The van der Waals surface area contributed by atoms with E-state index >= 15 is 0 Å². The Kier molecular flexibility index (Phi) is 5.49. The van der Waals surface area contributed by atoms with Crippen LogP contribution in [-0.4, -0.2) is 19.2 Å². The summed E-state index contributed by atoms with van der Waals surface area (Å²) in [5.41, 5.74) is 1.94. The average molecular weight is 346 g/mol. The monoisotopic (exact) mass is 346 g/mol. The third kappa shape index (κ3) is 3.39. The normalized spacial score (nSPS) is 12.4. The Balaban J connectivity index is 2.26. The maximum atomic E-state index is 12.1. The quantitative estimate of drug-likeness (QED) is 0.485. The van der Waals surface area contributed by atoms with E-state index in [0.29, 0.717) is 0 Å². The molecule has 26 heavy (non-hydrogen) atoms. The molecule has 0 saturated carbocycles. The SMILES string of the molecule is COC(=O)[C@@H](C)OC(c1ccccc1)(c1ccccc1)c1ccccc1. The summed E-state index contributed by atoms with van der Waals surface area (Å²) in [5.74, 6) is -0.405. The average Bonchev–Trinajstić information content (AvgIpc) is 2.73. The van der Waals surface area contributed by atoms with Crippen molar-refractivity contribution in [2.75, 3.05) is 7.11 Å². The number of methoxy groups -OCH3 is 1. The fraction of sp³-hybridized carbons (Fsp3) is 0.174. The second-order valence-electron chi connectivity index (χ2n) is 6.06. The Bertz CT molecular complexity index is 732. The number of carbonyl (C=O) groups is 1. The van der Waals surface area contributed by atoms with Crippen LogP contribution in [0.25, 0.3) is 0 Å². The van der Waals surface area contributed by atoms with Gasteiger partial charge in [-0.2, -0.15) is 0 Å². The lowest BCUT2D eigenvalue weighted by Crippen LogP contribution is -2.39. The van der Waals surface area contributed by atoms with Crippen molar-refractivity contribution in [3.05, 3.63) is 108 Å². The van der Waals surface area contributed by atoms with Crippen molar-refractivity contribution in [3.63, 3.8) is 0 Å². The molecule has 0 aliphatic heterocycles. The summed E-state index contributed by atoms with van der Waals surface area (Å²) in [6.07, 6.45) is -0.736. The Hall–Kier alpha value is -2.91. The van der Waals surface area contributed by atoms with Crippen molar-refractivity contribution in [2.45, 2.75) is 18.6 Å². The van der Waals surface area contributed by atoms with Gasteiger partial charge in [0.15, 0.2) is 6.10 Å². The maximum Gasteiger partial charge on any atom is 0.334 e. The van der Waals surface area contributed by atoms with Crippen LogP contribution in [0.4, 0.5) is 0 Å². The first-order valence-corrected chi connectivity index (χ1v) is 8.60. The number of benzene rings is 3. The Labute approximate surface area is 154 Å². The summed E-state index contributed by atoms with van der Waals surface area (Å²) in [6.45, 7) is 1.72. The number of carbonyl (C=O) groups excluding carboxylic acids is 1. The van der Waals surface area contributed by atoms with Gasteiger partial charge in [-0.05, 0) is 23.6 Å². The van der Waals surface area contributed by atoms with Crippen LogP contribution in [-0.2, 0) is 19.9 Å². The van der Waals surface area contributed by atoms with Gasteiger partial charge in [0, 0.05) is 0 Å². The number of hydrogen-bond acceptors (Lipinski definition) is 3. The zero-order valence-electron chi connectivity index (χ0n) is 15.0. The highest BCUT2D eigenvalue weighted by atomic mass is 16.6. The molecular weight excluding hydrogens is 324 g/mol. The number of hydrogen-bond donors (Lipinski definition) is 0. The van der Waals surface area contributed by atoms with Crippen molar-refractivity contribution in [3.8, 4) is 0 Å². The van der Waals surface area contributed by atoms with Crippen LogP contribution in [0.1, 0.15) is 23.6 Å². The van der Waals surface area contributed by atoms with Crippen LogP contribution in [0, 0.1) is 0 Å². The minimum atomic E-state index is -0.919.